The maximum Gasteiger partial charge on any atom is 0.124 e. The number of benzene rings is 3. The van der Waals surface area contributed by atoms with E-state index in [4.69, 9.17) is 23.2 Å². The summed E-state index contributed by atoms with van der Waals surface area (Å²) in [6.07, 6.45) is 1.50. The molecule has 1 N–H and O–H groups in total. The summed E-state index contributed by atoms with van der Waals surface area (Å²) in [6.45, 7) is 0. The lowest BCUT2D eigenvalue weighted by atomic mass is 10.2. The van der Waals surface area contributed by atoms with Gasteiger partial charge in [0.15, 0.2) is 0 Å². The molecule has 0 amide bonds. The first-order valence-electron chi connectivity index (χ1n) is 7.51. The number of phenols is 1. The Kier molecular flexibility index (Phi) is 6.04. The smallest absolute Gasteiger partial charge is 0.124 e. The first-order valence-corrected chi connectivity index (χ1v) is 9.06. The molecule has 0 spiro atoms. The number of nitrogens with zero attached hydrogens (tertiary/aromatic N) is 3. The number of aromatic hydroxyl groups is 1. The Morgan fingerprint density at radius 3 is 2.38 bits per heavy atom. The summed E-state index contributed by atoms with van der Waals surface area (Å²) in [7, 11) is 0. The highest BCUT2D eigenvalue weighted by molar-refractivity contribution is 9.10. The molecule has 0 aromatic heterocycles. The highest BCUT2D eigenvalue weighted by Crippen LogP contribution is 2.32. The molecule has 7 heteroatoms. The van der Waals surface area contributed by atoms with Crippen molar-refractivity contribution in [3.63, 3.8) is 0 Å². The Morgan fingerprint density at radius 1 is 0.885 bits per heavy atom. The van der Waals surface area contributed by atoms with Gasteiger partial charge in [-0.2, -0.15) is 10.2 Å². The lowest BCUT2D eigenvalue weighted by Gasteiger charge is -2.02. The van der Waals surface area contributed by atoms with E-state index < -0.39 is 0 Å². The van der Waals surface area contributed by atoms with Crippen molar-refractivity contribution in [1.29, 1.82) is 0 Å². The first kappa shape index (κ1) is 18.6. The van der Waals surface area contributed by atoms with Crippen molar-refractivity contribution in [1.82, 2.24) is 0 Å². The second kappa shape index (κ2) is 8.45. The molecule has 0 aliphatic heterocycles. The largest absolute Gasteiger partial charge is 0.507 e. The molecule has 3 aromatic rings. The highest BCUT2D eigenvalue weighted by atomic mass is 79.9. The Hall–Kier alpha value is -2.21. The quantitative estimate of drug-likeness (QED) is 0.323. The van der Waals surface area contributed by atoms with Crippen LogP contribution in [-0.4, -0.2) is 11.3 Å². The maximum atomic E-state index is 10.0. The number of aliphatic imine (C=N–C) groups is 1. The van der Waals surface area contributed by atoms with Gasteiger partial charge in [0.2, 0.25) is 0 Å². The van der Waals surface area contributed by atoms with Crippen LogP contribution in [0.2, 0.25) is 10.0 Å². The number of hydrogen-bond donors (Lipinski definition) is 1. The van der Waals surface area contributed by atoms with Gasteiger partial charge in [0, 0.05) is 16.3 Å². The molecule has 0 radical (unpaired) electrons. The minimum Gasteiger partial charge on any atom is -0.507 e. The van der Waals surface area contributed by atoms with Crippen molar-refractivity contribution in [2.45, 2.75) is 0 Å². The van der Waals surface area contributed by atoms with Crippen LogP contribution < -0.4 is 0 Å². The van der Waals surface area contributed by atoms with Crippen LogP contribution in [0, 0.1) is 0 Å². The van der Waals surface area contributed by atoms with E-state index in [2.05, 4.69) is 31.2 Å². The van der Waals surface area contributed by atoms with Gasteiger partial charge < -0.3 is 5.11 Å². The van der Waals surface area contributed by atoms with Crippen molar-refractivity contribution in [2.24, 2.45) is 15.2 Å². The molecule has 0 heterocycles. The molecule has 0 aliphatic rings. The highest BCUT2D eigenvalue weighted by Gasteiger charge is 2.04. The van der Waals surface area contributed by atoms with Crippen LogP contribution in [0.3, 0.4) is 0 Å². The van der Waals surface area contributed by atoms with E-state index in [1.54, 1.807) is 30.3 Å². The van der Waals surface area contributed by atoms with Crippen LogP contribution >= 0.6 is 39.1 Å². The molecule has 3 aromatic carbocycles. The maximum absolute atomic E-state index is 10.0. The molecule has 0 aliphatic carbocycles. The van der Waals surface area contributed by atoms with Gasteiger partial charge in [0.1, 0.15) is 5.75 Å². The van der Waals surface area contributed by atoms with E-state index in [0.29, 0.717) is 32.7 Å². The lowest BCUT2D eigenvalue weighted by molar-refractivity contribution is 0.474. The second-order valence-corrected chi connectivity index (χ2v) is 6.95. The van der Waals surface area contributed by atoms with Crippen molar-refractivity contribution >= 4 is 62.4 Å². The molecule has 0 atom stereocenters. The van der Waals surface area contributed by atoms with E-state index in [0.717, 1.165) is 4.47 Å². The molecular formula is C19H12BrCl2N3O. The van der Waals surface area contributed by atoms with E-state index in [9.17, 15) is 5.11 Å². The normalized spacial score (nSPS) is 11.5. The number of phenolic OH excluding ortho intramolecular Hbond substituents is 1. The van der Waals surface area contributed by atoms with E-state index in [1.165, 1.54) is 12.3 Å². The predicted octanol–water partition coefficient (Wildman–Crippen LogP) is 7.63. The summed E-state index contributed by atoms with van der Waals surface area (Å²) in [5.74, 6) is 0.0771. The van der Waals surface area contributed by atoms with Gasteiger partial charge in [0.05, 0.1) is 27.1 Å². The molecule has 0 saturated carbocycles. The summed E-state index contributed by atoms with van der Waals surface area (Å²) in [4.78, 5) is 4.29. The van der Waals surface area contributed by atoms with Gasteiger partial charge >= 0.3 is 0 Å². The summed E-state index contributed by atoms with van der Waals surface area (Å²) < 4.78 is 0.922. The van der Waals surface area contributed by atoms with E-state index >= 15 is 0 Å². The van der Waals surface area contributed by atoms with Crippen LogP contribution in [-0.2, 0) is 0 Å². The minimum atomic E-state index is 0.0771. The predicted molar refractivity (Wildman–Crippen MR) is 110 cm³/mol. The summed E-state index contributed by atoms with van der Waals surface area (Å²) >= 11 is 15.5. The zero-order chi connectivity index (χ0) is 18.5. The topological polar surface area (TPSA) is 57.3 Å². The summed E-state index contributed by atoms with van der Waals surface area (Å²) in [5.41, 5.74) is 2.31. The van der Waals surface area contributed by atoms with Crippen LogP contribution in [0.1, 0.15) is 5.56 Å². The van der Waals surface area contributed by atoms with Gasteiger partial charge in [-0.1, -0.05) is 51.3 Å². The zero-order valence-electron chi connectivity index (χ0n) is 13.3. The van der Waals surface area contributed by atoms with Gasteiger partial charge in [-0.15, -0.1) is 0 Å². The minimum absolute atomic E-state index is 0.0771. The molecule has 130 valence electrons. The van der Waals surface area contributed by atoms with Crippen molar-refractivity contribution in [3.8, 4) is 5.75 Å². The molecular weight excluding hydrogens is 437 g/mol. The first-order chi connectivity index (χ1) is 12.5. The average Bonchev–Trinajstić information content (AvgIpc) is 2.63. The second-order valence-electron chi connectivity index (χ2n) is 5.25. The third kappa shape index (κ3) is 4.69. The van der Waals surface area contributed by atoms with Crippen LogP contribution in [0.5, 0.6) is 5.75 Å². The van der Waals surface area contributed by atoms with Crippen LogP contribution in [0.25, 0.3) is 0 Å². The lowest BCUT2D eigenvalue weighted by Crippen LogP contribution is -1.82. The number of rotatable bonds is 4. The van der Waals surface area contributed by atoms with Gasteiger partial charge in [0.25, 0.3) is 0 Å². The van der Waals surface area contributed by atoms with E-state index in [-0.39, 0.29) is 5.75 Å². The SMILES string of the molecule is Oc1ccc(N=Nc2cccc(Br)c2)cc1C=Nc1cccc(Cl)c1Cl. The zero-order valence-corrected chi connectivity index (χ0v) is 16.4. The fourth-order valence-corrected chi connectivity index (χ4v) is 2.82. The third-order valence-corrected chi connectivity index (χ3v) is 4.68. The van der Waals surface area contributed by atoms with Gasteiger partial charge in [-0.3, -0.25) is 4.99 Å². The fraction of sp³-hybridized carbons (Fsp3) is 0. The molecule has 3 rings (SSSR count). The fourth-order valence-electron chi connectivity index (χ4n) is 2.09. The molecule has 0 bridgehead atoms. The molecule has 26 heavy (non-hydrogen) atoms. The van der Waals surface area contributed by atoms with Gasteiger partial charge in [-0.05, 0) is 48.5 Å². The Balaban J connectivity index is 1.86. The number of azo groups is 1. The summed E-state index contributed by atoms with van der Waals surface area (Å²) in [5, 5.41) is 19.2. The third-order valence-electron chi connectivity index (χ3n) is 3.37. The average molecular weight is 449 g/mol. The van der Waals surface area contributed by atoms with Gasteiger partial charge in [-0.25, -0.2) is 0 Å². The number of halogens is 3. The summed E-state index contributed by atoms with van der Waals surface area (Å²) in [6, 6.07) is 17.5. The standard InChI is InChI=1S/C19H12BrCl2N3O/c20-13-3-1-4-14(10-13)24-25-15-7-8-18(26)12(9-15)11-23-17-6-2-5-16(21)19(17)22/h1-11,26H. The molecule has 0 fully saturated rings. The molecule has 4 nitrogen and oxygen atoms in total. The Morgan fingerprint density at radius 2 is 1.62 bits per heavy atom. The van der Waals surface area contributed by atoms with Crippen LogP contribution in [0.4, 0.5) is 17.1 Å². The Labute approximate surface area is 169 Å². The van der Waals surface area contributed by atoms with E-state index in [1.807, 2.05) is 24.3 Å². The molecule has 0 unspecified atom stereocenters. The van der Waals surface area contributed by atoms with Crippen LogP contribution in [0.15, 0.2) is 80.4 Å². The van der Waals surface area contributed by atoms with Crippen molar-refractivity contribution in [2.75, 3.05) is 0 Å². The molecule has 0 saturated heterocycles. The number of hydrogen-bond acceptors (Lipinski definition) is 4. The monoisotopic (exact) mass is 447 g/mol. The Bertz CT molecular complexity index is 1010. The van der Waals surface area contributed by atoms with Crippen molar-refractivity contribution < 1.29 is 5.11 Å². The van der Waals surface area contributed by atoms with Crippen molar-refractivity contribution in [3.05, 3.63) is 80.7 Å².